The molecule has 0 saturated heterocycles. The summed E-state index contributed by atoms with van der Waals surface area (Å²) in [5, 5.41) is 11.9. The van der Waals surface area contributed by atoms with Crippen LogP contribution in [0.3, 0.4) is 0 Å². The van der Waals surface area contributed by atoms with Crippen LogP contribution in [0, 0.1) is 5.92 Å². The average Bonchev–Trinajstić information content (AvgIpc) is 2.82. The van der Waals surface area contributed by atoms with Gasteiger partial charge in [-0.05, 0) is 25.7 Å². The van der Waals surface area contributed by atoms with Crippen molar-refractivity contribution in [3.63, 3.8) is 0 Å². The van der Waals surface area contributed by atoms with E-state index in [1.807, 2.05) is 13.8 Å². The lowest BCUT2D eigenvalue weighted by Crippen LogP contribution is -2.52. The Hall–Kier alpha value is -1.85. The molecule has 0 radical (unpaired) electrons. The quantitative estimate of drug-likeness (QED) is 0.754. The van der Waals surface area contributed by atoms with E-state index in [-0.39, 0.29) is 17.5 Å². The molecule has 1 heterocycles. The van der Waals surface area contributed by atoms with Crippen molar-refractivity contribution in [1.82, 2.24) is 15.3 Å². The highest BCUT2D eigenvalue weighted by Crippen LogP contribution is 2.40. The minimum atomic E-state index is -1.04. The van der Waals surface area contributed by atoms with Gasteiger partial charge >= 0.3 is 5.97 Å². The molecule has 1 atom stereocenters. The maximum absolute atomic E-state index is 12.0. The van der Waals surface area contributed by atoms with Gasteiger partial charge in [0.2, 0.25) is 5.91 Å². The Labute approximate surface area is 111 Å². The van der Waals surface area contributed by atoms with Crippen LogP contribution in [0.1, 0.15) is 55.8 Å². The van der Waals surface area contributed by atoms with E-state index in [1.165, 1.54) is 6.20 Å². The molecule has 1 unspecified atom stereocenters. The number of amides is 1. The Morgan fingerprint density at radius 1 is 1.58 bits per heavy atom. The maximum atomic E-state index is 12.0. The molecule has 0 spiro atoms. The second-order valence-corrected chi connectivity index (χ2v) is 5.18. The highest BCUT2D eigenvalue weighted by atomic mass is 16.4. The van der Waals surface area contributed by atoms with E-state index < -0.39 is 11.5 Å². The summed E-state index contributed by atoms with van der Waals surface area (Å²) < 4.78 is 0. The molecule has 0 aromatic carbocycles. The van der Waals surface area contributed by atoms with E-state index >= 15 is 0 Å². The summed E-state index contributed by atoms with van der Waals surface area (Å²) in [4.78, 5) is 29.8. The lowest BCUT2D eigenvalue weighted by molar-refractivity contribution is -0.128. The molecule has 1 amide bonds. The number of carboxylic acids is 1. The van der Waals surface area contributed by atoms with Crippen molar-refractivity contribution in [2.75, 3.05) is 0 Å². The van der Waals surface area contributed by atoms with Gasteiger partial charge in [-0.2, -0.15) is 0 Å². The van der Waals surface area contributed by atoms with E-state index in [1.54, 1.807) is 0 Å². The summed E-state index contributed by atoms with van der Waals surface area (Å²) in [6.45, 7) is 3.85. The molecular weight excluding hydrogens is 246 g/mol. The standard InChI is InChI=1S/C13H19N3O3/c1-3-8(2)10(17)16-13(5-4-6-13)12-14-7-9(15-12)11(18)19/h7-8H,3-6H2,1-2H3,(H,14,15)(H,16,17)(H,18,19). The highest BCUT2D eigenvalue weighted by molar-refractivity contribution is 5.85. The molecule has 0 aliphatic heterocycles. The van der Waals surface area contributed by atoms with Crippen molar-refractivity contribution in [3.8, 4) is 0 Å². The normalized spacial score (nSPS) is 18.4. The van der Waals surface area contributed by atoms with Gasteiger partial charge in [-0.15, -0.1) is 0 Å². The van der Waals surface area contributed by atoms with E-state index in [0.29, 0.717) is 5.82 Å². The van der Waals surface area contributed by atoms with E-state index in [9.17, 15) is 9.59 Å². The number of nitrogens with one attached hydrogen (secondary N) is 2. The minimum absolute atomic E-state index is 0.00419. The number of carboxylic acid groups (broad SMARTS) is 1. The smallest absolute Gasteiger partial charge is 0.353 e. The number of carbonyl (C=O) groups is 2. The van der Waals surface area contributed by atoms with Crippen molar-refractivity contribution < 1.29 is 14.7 Å². The van der Waals surface area contributed by atoms with Gasteiger partial charge in [0.05, 0.1) is 11.7 Å². The van der Waals surface area contributed by atoms with Crippen molar-refractivity contribution in [3.05, 3.63) is 17.7 Å². The van der Waals surface area contributed by atoms with E-state index in [4.69, 9.17) is 5.11 Å². The van der Waals surface area contributed by atoms with Crippen LogP contribution in [0.2, 0.25) is 0 Å². The predicted octanol–water partition coefficient (Wildman–Crippen LogP) is 1.65. The van der Waals surface area contributed by atoms with Crippen LogP contribution in [-0.4, -0.2) is 27.0 Å². The molecule has 1 aliphatic rings. The second-order valence-electron chi connectivity index (χ2n) is 5.18. The Balaban J connectivity index is 2.17. The monoisotopic (exact) mass is 265 g/mol. The number of carbonyl (C=O) groups excluding carboxylic acids is 1. The van der Waals surface area contributed by atoms with Crippen LogP contribution in [0.4, 0.5) is 0 Å². The average molecular weight is 265 g/mol. The number of nitrogens with zero attached hydrogens (tertiary/aromatic N) is 1. The zero-order valence-corrected chi connectivity index (χ0v) is 11.2. The Morgan fingerprint density at radius 3 is 2.68 bits per heavy atom. The van der Waals surface area contributed by atoms with Crippen LogP contribution in [-0.2, 0) is 10.3 Å². The van der Waals surface area contributed by atoms with Crippen LogP contribution in [0.25, 0.3) is 0 Å². The van der Waals surface area contributed by atoms with Crippen molar-refractivity contribution in [2.24, 2.45) is 5.92 Å². The molecule has 2 rings (SSSR count). The molecule has 19 heavy (non-hydrogen) atoms. The predicted molar refractivity (Wildman–Crippen MR) is 68.7 cm³/mol. The molecule has 6 heteroatoms. The molecule has 1 fully saturated rings. The molecule has 1 aromatic rings. The summed E-state index contributed by atoms with van der Waals surface area (Å²) in [6, 6.07) is 0. The van der Waals surface area contributed by atoms with Crippen molar-refractivity contribution in [1.29, 1.82) is 0 Å². The van der Waals surface area contributed by atoms with Gasteiger partial charge in [0.15, 0.2) is 0 Å². The first-order valence-electron chi connectivity index (χ1n) is 6.59. The third-order valence-corrected chi connectivity index (χ3v) is 3.89. The summed E-state index contributed by atoms with van der Waals surface area (Å²) >= 11 is 0. The molecule has 1 aromatic heterocycles. The summed E-state index contributed by atoms with van der Waals surface area (Å²) in [5.74, 6) is -0.545. The molecule has 1 saturated carbocycles. The SMILES string of the molecule is CCC(C)C(=O)NC1(c2ncc(C(=O)O)[nH]2)CCC1. The number of hydrogen-bond acceptors (Lipinski definition) is 3. The lowest BCUT2D eigenvalue weighted by Gasteiger charge is -2.41. The third kappa shape index (κ3) is 2.47. The first-order valence-corrected chi connectivity index (χ1v) is 6.59. The van der Waals surface area contributed by atoms with Gasteiger partial charge in [-0.25, -0.2) is 9.78 Å². The van der Waals surface area contributed by atoms with Crippen LogP contribution < -0.4 is 5.32 Å². The molecule has 6 nitrogen and oxygen atoms in total. The summed E-state index contributed by atoms with van der Waals surface area (Å²) in [7, 11) is 0. The number of H-pyrrole nitrogens is 1. The number of hydrogen-bond donors (Lipinski definition) is 3. The Morgan fingerprint density at radius 2 is 2.26 bits per heavy atom. The zero-order chi connectivity index (χ0) is 14.0. The van der Waals surface area contributed by atoms with Gasteiger partial charge in [0, 0.05) is 5.92 Å². The van der Waals surface area contributed by atoms with Gasteiger partial charge in [0.1, 0.15) is 11.5 Å². The van der Waals surface area contributed by atoms with Crippen LogP contribution >= 0.6 is 0 Å². The topological polar surface area (TPSA) is 95.1 Å². The number of aromatic amines is 1. The second kappa shape index (κ2) is 5.03. The van der Waals surface area contributed by atoms with E-state index in [2.05, 4.69) is 15.3 Å². The van der Waals surface area contributed by atoms with Gasteiger partial charge in [0.25, 0.3) is 0 Å². The van der Waals surface area contributed by atoms with Crippen molar-refractivity contribution >= 4 is 11.9 Å². The molecule has 3 N–H and O–H groups in total. The molecular formula is C13H19N3O3. The maximum Gasteiger partial charge on any atom is 0.353 e. The van der Waals surface area contributed by atoms with Gasteiger partial charge in [-0.1, -0.05) is 13.8 Å². The first-order chi connectivity index (χ1) is 8.98. The fraction of sp³-hybridized carbons (Fsp3) is 0.615. The summed E-state index contributed by atoms with van der Waals surface area (Å²) in [5.41, 5.74) is -0.451. The van der Waals surface area contributed by atoms with E-state index in [0.717, 1.165) is 25.7 Å². The molecule has 1 aliphatic carbocycles. The fourth-order valence-electron chi connectivity index (χ4n) is 2.17. The first kappa shape index (κ1) is 13.6. The fourth-order valence-corrected chi connectivity index (χ4v) is 2.17. The number of aromatic nitrogens is 2. The Kier molecular flexibility index (Phi) is 3.59. The largest absolute Gasteiger partial charge is 0.477 e. The van der Waals surface area contributed by atoms with Crippen LogP contribution in [0.15, 0.2) is 6.20 Å². The zero-order valence-electron chi connectivity index (χ0n) is 11.2. The number of rotatable bonds is 5. The van der Waals surface area contributed by atoms with Gasteiger partial charge < -0.3 is 15.4 Å². The minimum Gasteiger partial charge on any atom is -0.477 e. The third-order valence-electron chi connectivity index (χ3n) is 3.89. The molecule has 104 valence electrons. The van der Waals surface area contributed by atoms with Gasteiger partial charge in [-0.3, -0.25) is 4.79 Å². The number of aromatic carboxylic acids is 1. The highest BCUT2D eigenvalue weighted by Gasteiger charge is 2.43. The lowest BCUT2D eigenvalue weighted by atomic mass is 9.75. The van der Waals surface area contributed by atoms with Crippen molar-refractivity contribution in [2.45, 2.75) is 45.1 Å². The van der Waals surface area contributed by atoms with Crippen LogP contribution in [0.5, 0.6) is 0 Å². The summed E-state index contributed by atoms with van der Waals surface area (Å²) in [6.07, 6.45) is 4.67. The number of imidazole rings is 1. The Bertz CT molecular complexity index is 491. The molecule has 0 bridgehead atoms.